The van der Waals surface area contributed by atoms with Crippen LogP contribution in [0.15, 0.2) is 24.4 Å². The van der Waals surface area contributed by atoms with E-state index in [1.54, 1.807) is 6.92 Å². The fourth-order valence-electron chi connectivity index (χ4n) is 1.34. The van der Waals surface area contributed by atoms with E-state index in [0.29, 0.717) is 4.88 Å². The number of aromatic nitrogens is 1. The van der Waals surface area contributed by atoms with E-state index in [2.05, 4.69) is 10.3 Å². The molecule has 1 heterocycles. The molecule has 0 saturated carbocycles. The summed E-state index contributed by atoms with van der Waals surface area (Å²) < 4.78 is 13.5. The number of benzene rings is 1. The molecule has 2 rings (SSSR count). The molecule has 1 N–H and O–H groups in total. The Morgan fingerprint density at radius 1 is 1.56 bits per heavy atom. The van der Waals surface area contributed by atoms with Gasteiger partial charge in [-0.05, 0) is 25.1 Å². The number of thiazole rings is 1. The summed E-state index contributed by atoms with van der Waals surface area (Å²) in [6, 6.07) is 5.70. The number of carbonyl (C=O) groups excluding carboxylic acids is 1. The molecule has 0 saturated heterocycles. The Hall–Kier alpha value is -2.26. The highest BCUT2D eigenvalue weighted by Gasteiger charge is 2.12. The van der Waals surface area contributed by atoms with Gasteiger partial charge in [0.1, 0.15) is 10.7 Å². The number of anilines is 1. The molecule has 0 aliphatic rings. The standard InChI is InChI=1S/C12H8FN3OS/c1-7-15-6-11(18-7)12(17)16-10-3-2-8(5-14)4-9(10)13/h2-4,6H,1H3,(H,16,17). The van der Waals surface area contributed by atoms with Crippen LogP contribution in [-0.4, -0.2) is 10.9 Å². The molecule has 0 aliphatic carbocycles. The Morgan fingerprint density at radius 3 is 2.89 bits per heavy atom. The first-order valence-corrected chi connectivity index (χ1v) is 5.85. The van der Waals surface area contributed by atoms with Crippen LogP contribution in [0.25, 0.3) is 0 Å². The Bertz CT molecular complexity index is 645. The van der Waals surface area contributed by atoms with E-state index in [9.17, 15) is 9.18 Å². The van der Waals surface area contributed by atoms with Gasteiger partial charge < -0.3 is 5.32 Å². The Labute approximate surface area is 107 Å². The zero-order valence-corrected chi connectivity index (χ0v) is 10.2. The second kappa shape index (κ2) is 4.94. The largest absolute Gasteiger partial charge is 0.319 e. The molecular weight excluding hydrogens is 253 g/mol. The summed E-state index contributed by atoms with van der Waals surface area (Å²) in [6.45, 7) is 1.78. The normalized spacial score (nSPS) is 9.83. The van der Waals surface area contributed by atoms with Crippen LogP contribution in [0, 0.1) is 24.1 Å². The molecule has 4 nitrogen and oxygen atoms in total. The molecule has 1 amide bonds. The maximum Gasteiger partial charge on any atom is 0.267 e. The van der Waals surface area contributed by atoms with Gasteiger partial charge in [-0.1, -0.05) is 0 Å². The van der Waals surface area contributed by atoms with Gasteiger partial charge in [-0.25, -0.2) is 9.37 Å². The Kier molecular flexibility index (Phi) is 3.35. The minimum Gasteiger partial charge on any atom is -0.319 e. The first kappa shape index (κ1) is 12.2. The van der Waals surface area contributed by atoms with Gasteiger partial charge in [-0.15, -0.1) is 11.3 Å². The monoisotopic (exact) mass is 261 g/mol. The van der Waals surface area contributed by atoms with E-state index >= 15 is 0 Å². The zero-order chi connectivity index (χ0) is 13.1. The molecule has 0 bridgehead atoms. The molecule has 0 atom stereocenters. The highest BCUT2D eigenvalue weighted by Crippen LogP contribution is 2.18. The van der Waals surface area contributed by atoms with Crippen molar-refractivity contribution in [2.45, 2.75) is 6.92 Å². The molecular formula is C12H8FN3OS. The van der Waals surface area contributed by atoms with E-state index in [4.69, 9.17) is 5.26 Å². The molecule has 0 fully saturated rings. The minimum absolute atomic E-state index is 0.0463. The molecule has 2 aromatic rings. The van der Waals surface area contributed by atoms with Crippen molar-refractivity contribution in [2.24, 2.45) is 0 Å². The lowest BCUT2D eigenvalue weighted by atomic mass is 10.2. The van der Waals surface area contributed by atoms with Gasteiger partial charge in [0.2, 0.25) is 0 Å². The third-order valence-corrected chi connectivity index (χ3v) is 3.10. The quantitative estimate of drug-likeness (QED) is 0.903. The van der Waals surface area contributed by atoms with Crippen molar-refractivity contribution >= 4 is 22.9 Å². The van der Waals surface area contributed by atoms with Crippen LogP contribution in [0.2, 0.25) is 0 Å². The van der Waals surface area contributed by atoms with Crippen LogP contribution in [0.3, 0.4) is 0 Å². The number of halogens is 1. The summed E-state index contributed by atoms with van der Waals surface area (Å²) in [5.74, 6) is -1.05. The summed E-state index contributed by atoms with van der Waals surface area (Å²) in [6.07, 6.45) is 1.44. The average molecular weight is 261 g/mol. The Balaban J connectivity index is 2.20. The van der Waals surface area contributed by atoms with Crippen LogP contribution in [-0.2, 0) is 0 Å². The lowest BCUT2D eigenvalue weighted by Crippen LogP contribution is -2.11. The topological polar surface area (TPSA) is 65.8 Å². The molecule has 0 aliphatic heterocycles. The van der Waals surface area contributed by atoms with Crippen molar-refractivity contribution in [3.63, 3.8) is 0 Å². The maximum absolute atomic E-state index is 13.5. The van der Waals surface area contributed by atoms with Gasteiger partial charge in [0.25, 0.3) is 5.91 Å². The molecule has 0 spiro atoms. The van der Waals surface area contributed by atoms with Crippen LogP contribution >= 0.6 is 11.3 Å². The molecule has 1 aromatic carbocycles. The number of nitrogens with one attached hydrogen (secondary N) is 1. The predicted octanol–water partition coefficient (Wildman–Crippen LogP) is 2.71. The number of nitriles is 1. The summed E-state index contributed by atoms with van der Waals surface area (Å²) in [4.78, 5) is 16.1. The van der Waals surface area contributed by atoms with Crippen molar-refractivity contribution in [3.8, 4) is 6.07 Å². The van der Waals surface area contributed by atoms with Crippen LogP contribution in [0.4, 0.5) is 10.1 Å². The summed E-state index contributed by atoms with van der Waals surface area (Å²) in [5.41, 5.74) is 0.254. The third kappa shape index (κ3) is 2.52. The molecule has 18 heavy (non-hydrogen) atoms. The van der Waals surface area contributed by atoms with Gasteiger partial charge in [0.05, 0.1) is 28.5 Å². The molecule has 0 unspecified atom stereocenters. The fraction of sp³-hybridized carbons (Fsp3) is 0.0833. The molecule has 1 aromatic heterocycles. The summed E-state index contributed by atoms with van der Waals surface area (Å²) in [7, 11) is 0. The lowest BCUT2D eigenvalue weighted by molar-refractivity contribution is 0.103. The van der Waals surface area contributed by atoms with Crippen molar-refractivity contribution < 1.29 is 9.18 Å². The van der Waals surface area contributed by atoms with Gasteiger partial charge in [-0.3, -0.25) is 4.79 Å². The number of hydrogen-bond acceptors (Lipinski definition) is 4. The number of amides is 1. The van der Waals surface area contributed by atoms with E-state index in [-0.39, 0.29) is 11.3 Å². The van der Waals surface area contributed by atoms with E-state index in [1.165, 1.54) is 29.7 Å². The number of rotatable bonds is 2. The first-order valence-electron chi connectivity index (χ1n) is 5.03. The second-order valence-electron chi connectivity index (χ2n) is 3.50. The SMILES string of the molecule is Cc1ncc(C(=O)Nc2ccc(C#N)cc2F)s1. The number of hydrogen-bond donors (Lipinski definition) is 1. The lowest BCUT2D eigenvalue weighted by Gasteiger charge is -2.04. The molecule has 0 radical (unpaired) electrons. The molecule has 6 heteroatoms. The van der Waals surface area contributed by atoms with E-state index in [0.717, 1.165) is 11.1 Å². The average Bonchev–Trinajstić information content (AvgIpc) is 2.78. The molecule has 90 valence electrons. The zero-order valence-electron chi connectivity index (χ0n) is 9.40. The van der Waals surface area contributed by atoms with Crippen molar-refractivity contribution in [2.75, 3.05) is 5.32 Å². The number of aryl methyl sites for hydroxylation is 1. The number of carbonyl (C=O) groups is 1. The number of nitrogens with zero attached hydrogens (tertiary/aromatic N) is 2. The third-order valence-electron chi connectivity index (χ3n) is 2.19. The first-order chi connectivity index (χ1) is 8.60. The smallest absolute Gasteiger partial charge is 0.267 e. The van der Waals surface area contributed by atoms with Crippen LogP contribution in [0.5, 0.6) is 0 Å². The van der Waals surface area contributed by atoms with Gasteiger partial charge in [0, 0.05) is 0 Å². The predicted molar refractivity (Wildman–Crippen MR) is 65.9 cm³/mol. The maximum atomic E-state index is 13.5. The second-order valence-corrected chi connectivity index (χ2v) is 4.74. The van der Waals surface area contributed by atoms with E-state index < -0.39 is 11.7 Å². The van der Waals surface area contributed by atoms with Gasteiger partial charge in [0.15, 0.2) is 0 Å². The van der Waals surface area contributed by atoms with Gasteiger partial charge >= 0.3 is 0 Å². The van der Waals surface area contributed by atoms with Crippen molar-refractivity contribution in [1.82, 2.24) is 4.98 Å². The highest BCUT2D eigenvalue weighted by molar-refractivity contribution is 7.13. The van der Waals surface area contributed by atoms with E-state index in [1.807, 2.05) is 6.07 Å². The van der Waals surface area contributed by atoms with Gasteiger partial charge in [-0.2, -0.15) is 5.26 Å². The van der Waals surface area contributed by atoms with Crippen molar-refractivity contribution in [1.29, 1.82) is 5.26 Å². The van der Waals surface area contributed by atoms with Crippen LogP contribution < -0.4 is 5.32 Å². The van der Waals surface area contributed by atoms with Crippen molar-refractivity contribution in [3.05, 3.63) is 45.7 Å². The summed E-state index contributed by atoms with van der Waals surface area (Å²) in [5, 5.41) is 11.8. The summed E-state index contributed by atoms with van der Waals surface area (Å²) >= 11 is 1.23. The minimum atomic E-state index is -0.636. The van der Waals surface area contributed by atoms with Crippen LogP contribution in [0.1, 0.15) is 20.2 Å². The Morgan fingerprint density at radius 2 is 2.33 bits per heavy atom. The fourth-order valence-corrected chi connectivity index (χ4v) is 2.01. The highest BCUT2D eigenvalue weighted by atomic mass is 32.1.